The number of hydrogen-bond donors (Lipinski definition) is 1. The zero-order valence-corrected chi connectivity index (χ0v) is 12.1. The third kappa shape index (κ3) is 2.80. The molecule has 0 amide bonds. The summed E-state index contributed by atoms with van der Waals surface area (Å²) in [6.45, 7) is 1.25. The SMILES string of the molecule is CNC(c1ccnn1C)c1c(Cl)cnn1CCOC. The Morgan fingerprint density at radius 1 is 1.47 bits per heavy atom. The number of hydrogen-bond acceptors (Lipinski definition) is 4. The molecule has 1 N–H and O–H groups in total. The Balaban J connectivity index is 2.38. The number of rotatable bonds is 6. The van der Waals surface area contributed by atoms with Crippen molar-refractivity contribution in [3.63, 3.8) is 0 Å². The van der Waals surface area contributed by atoms with Gasteiger partial charge in [-0.3, -0.25) is 9.36 Å². The smallest absolute Gasteiger partial charge is 0.0931 e. The molecule has 104 valence electrons. The minimum absolute atomic E-state index is 0.0562. The van der Waals surface area contributed by atoms with E-state index in [0.717, 1.165) is 11.4 Å². The third-order valence-electron chi connectivity index (χ3n) is 3.06. The zero-order valence-electron chi connectivity index (χ0n) is 11.3. The summed E-state index contributed by atoms with van der Waals surface area (Å²) in [6.07, 6.45) is 3.43. The molecule has 19 heavy (non-hydrogen) atoms. The lowest BCUT2D eigenvalue weighted by molar-refractivity contribution is 0.182. The van der Waals surface area contributed by atoms with Crippen LogP contribution in [0.2, 0.25) is 5.02 Å². The van der Waals surface area contributed by atoms with Crippen molar-refractivity contribution in [2.45, 2.75) is 12.6 Å². The summed E-state index contributed by atoms with van der Waals surface area (Å²) < 4.78 is 8.78. The van der Waals surface area contributed by atoms with Crippen LogP contribution in [0.5, 0.6) is 0 Å². The maximum Gasteiger partial charge on any atom is 0.0931 e. The van der Waals surface area contributed by atoms with Gasteiger partial charge in [0.25, 0.3) is 0 Å². The van der Waals surface area contributed by atoms with E-state index in [2.05, 4.69) is 15.5 Å². The van der Waals surface area contributed by atoms with Gasteiger partial charge in [0.1, 0.15) is 0 Å². The molecule has 0 fully saturated rings. The molecule has 6 nitrogen and oxygen atoms in total. The predicted octanol–water partition coefficient (Wildman–Crippen LogP) is 1.23. The highest BCUT2D eigenvalue weighted by Gasteiger charge is 2.22. The molecular formula is C12H18ClN5O. The molecule has 2 aromatic heterocycles. The number of ether oxygens (including phenoxy) is 1. The van der Waals surface area contributed by atoms with E-state index in [0.29, 0.717) is 18.2 Å². The topological polar surface area (TPSA) is 56.9 Å². The maximum atomic E-state index is 6.27. The normalized spacial score (nSPS) is 12.8. The van der Waals surface area contributed by atoms with Gasteiger partial charge in [-0.2, -0.15) is 10.2 Å². The van der Waals surface area contributed by atoms with Crippen LogP contribution >= 0.6 is 11.6 Å². The fourth-order valence-electron chi connectivity index (χ4n) is 2.11. The van der Waals surface area contributed by atoms with Crippen molar-refractivity contribution in [1.82, 2.24) is 24.9 Å². The Bertz CT molecular complexity index is 536. The van der Waals surface area contributed by atoms with E-state index in [9.17, 15) is 0 Å². The van der Waals surface area contributed by atoms with Gasteiger partial charge in [0.05, 0.1) is 41.8 Å². The lowest BCUT2D eigenvalue weighted by Crippen LogP contribution is -2.25. The van der Waals surface area contributed by atoms with Crippen LogP contribution in [0.3, 0.4) is 0 Å². The van der Waals surface area contributed by atoms with Crippen LogP contribution in [-0.4, -0.2) is 40.3 Å². The van der Waals surface area contributed by atoms with Crippen LogP contribution in [0.15, 0.2) is 18.5 Å². The molecule has 1 atom stereocenters. The van der Waals surface area contributed by atoms with Crippen LogP contribution in [0.1, 0.15) is 17.4 Å². The van der Waals surface area contributed by atoms with Crippen LogP contribution in [0.25, 0.3) is 0 Å². The minimum Gasteiger partial charge on any atom is -0.383 e. The van der Waals surface area contributed by atoms with Gasteiger partial charge in [-0.05, 0) is 13.1 Å². The molecular weight excluding hydrogens is 266 g/mol. The summed E-state index contributed by atoms with van der Waals surface area (Å²) in [4.78, 5) is 0. The highest BCUT2D eigenvalue weighted by Crippen LogP contribution is 2.27. The van der Waals surface area contributed by atoms with Gasteiger partial charge >= 0.3 is 0 Å². The van der Waals surface area contributed by atoms with Crippen molar-refractivity contribution in [3.8, 4) is 0 Å². The Kier molecular flexibility index (Phi) is 4.57. The molecule has 0 aliphatic carbocycles. The summed E-state index contributed by atoms with van der Waals surface area (Å²) in [7, 11) is 5.46. The van der Waals surface area contributed by atoms with E-state index in [1.54, 1.807) is 19.5 Å². The second-order valence-electron chi connectivity index (χ2n) is 4.20. The molecule has 2 rings (SSSR count). The number of halogens is 1. The van der Waals surface area contributed by atoms with E-state index in [4.69, 9.17) is 16.3 Å². The molecule has 0 aromatic carbocycles. The van der Waals surface area contributed by atoms with Crippen molar-refractivity contribution in [2.75, 3.05) is 20.8 Å². The molecule has 0 saturated carbocycles. The quantitative estimate of drug-likeness (QED) is 0.866. The van der Waals surface area contributed by atoms with E-state index >= 15 is 0 Å². The first-order valence-electron chi connectivity index (χ1n) is 6.04. The average molecular weight is 284 g/mol. The maximum absolute atomic E-state index is 6.27. The van der Waals surface area contributed by atoms with Gasteiger partial charge in [-0.15, -0.1) is 0 Å². The van der Waals surface area contributed by atoms with Gasteiger partial charge in [0.2, 0.25) is 0 Å². The minimum atomic E-state index is -0.0562. The summed E-state index contributed by atoms with van der Waals surface area (Å²) in [5.41, 5.74) is 1.95. The number of methoxy groups -OCH3 is 1. The molecule has 7 heteroatoms. The number of nitrogens with zero attached hydrogens (tertiary/aromatic N) is 4. The molecule has 0 aliphatic heterocycles. The predicted molar refractivity (Wildman–Crippen MR) is 73.2 cm³/mol. The molecule has 2 aromatic rings. The summed E-state index contributed by atoms with van der Waals surface area (Å²) in [5, 5.41) is 12.4. The van der Waals surface area contributed by atoms with Crippen LogP contribution < -0.4 is 5.32 Å². The van der Waals surface area contributed by atoms with Crippen molar-refractivity contribution in [3.05, 3.63) is 34.9 Å². The van der Waals surface area contributed by atoms with E-state index in [1.165, 1.54) is 0 Å². The van der Waals surface area contributed by atoms with Crippen LogP contribution in [0, 0.1) is 0 Å². The van der Waals surface area contributed by atoms with Gasteiger partial charge in [0, 0.05) is 20.4 Å². The van der Waals surface area contributed by atoms with Crippen molar-refractivity contribution >= 4 is 11.6 Å². The summed E-state index contributed by atoms with van der Waals surface area (Å²) in [5.74, 6) is 0. The fraction of sp³-hybridized carbons (Fsp3) is 0.500. The van der Waals surface area contributed by atoms with Crippen LogP contribution in [-0.2, 0) is 18.3 Å². The Morgan fingerprint density at radius 2 is 2.26 bits per heavy atom. The second-order valence-corrected chi connectivity index (χ2v) is 4.60. The molecule has 0 spiro atoms. The summed E-state index contributed by atoms with van der Waals surface area (Å²) >= 11 is 6.27. The standard InChI is InChI=1S/C12H18ClN5O/c1-14-11(10-4-5-15-17(10)2)12-9(13)8-16-18(12)6-7-19-3/h4-5,8,11,14H,6-7H2,1-3H3. The Morgan fingerprint density at radius 3 is 2.84 bits per heavy atom. The van der Waals surface area contributed by atoms with Gasteiger partial charge in [-0.1, -0.05) is 11.6 Å². The molecule has 0 saturated heterocycles. The van der Waals surface area contributed by atoms with E-state index in [1.807, 2.05) is 29.5 Å². The van der Waals surface area contributed by atoms with Crippen molar-refractivity contribution < 1.29 is 4.74 Å². The lowest BCUT2D eigenvalue weighted by atomic mass is 10.1. The second kappa shape index (κ2) is 6.18. The number of aryl methyl sites for hydroxylation is 1. The molecule has 0 radical (unpaired) electrons. The molecule has 2 heterocycles. The molecule has 0 aliphatic rings. The van der Waals surface area contributed by atoms with Gasteiger partial charge < -0.3 is 10.1 Å². The third-order valence-corrected chi connectivity index (χ3v) is 3.35. The first-order chi connectivity index (χ1) is 9.19. The highest BCUT2D eigenvalue weighted by molar-refractivity contribution is 6.31. The zero-order chi connectivity index (χ0) is 13.8. The van der Waals surface area contributed by atoms with Gasteiger partial charge in [0.15, 0.2) is 0 Å². The van der Waals surface area contributed by atoms with Crippen molar-refractivity contribution in [2.24, 2.45) is 7.05 Å². The molecule has 0 bridgehead atoms. The Labute approximate surface area is 117 Å². The largest absolute Gasteiger partial charge is 0.383 e. The van der Waals surface area contributed by atoms with Crippen molar-refractivity contribution in [1.29, 1.82) is 0 Å². The number of nitrogens with one attached hydrogen (secondary N) is 1. The fourth-order valence-corrected chi connectivity index (χ4v) is 2.36. The highest BCUT2D eigenvalue weighted by atomic mass is 35.5. The Hall–Kier alpha value is -1.37. The van der Waals surface area contributed by atoms with Gasteiger partial charge in [-0.25, -0.2) is 0 Å². The number of aromatic nitrogens is 4. The van der Waals surface area contributed by atoms with Crippen LogP contribution in [0.4, 0.5) is 0 Å². The first-order valence-corrected chi connectivity index (χ1v) is 6.42. The van der Waals surface area contributed by atoms with E-state index < -0.39 is 0 Å². The monoisotopic (exact) mass is 283 g/mol. The molecule has 1 unspecified atom stereocenters. The first kappa shape index (κ1) is 14.0. The average Bonchev–Trinajstić information content (AvgIpc) is 2.97. The van der Waals surface area contributed by atoms with E-state index in [-0.39, 0.29) is 6.04 Å². The lowest BCUT2D eigenvalue weighted by Gasteiger charge is -2.19. The summed E-state index contributed by atoms with van der Waals surface area (Å²) in [6, 6.07) is 1.91.